The second-order valence-electron chi connectivity index (χ2n) is 3.64. The minimum Gasteiger partial charge on any atom is -0.290 e. The summed E-state index contributed by atoms with van der Waals surface area (Å²) in [5.74, 6) is 0. The lowest BCUT2D eigenvalue weighted by molar-refractivity contribution is 1.22. The van der Waals surface area contributed by atoms with E-state index in [1.807, 2.05) is 30.5 Å². The van der Waals surface area contributed by atoms with Crippen molar-refractivity contribution in [3.8, 4) is 11.3 Å². The van der Waals surface area contributed by atoms with Crippen LogP contribution in [0.4, 0.5) is 0 Å². The van der Waals surface area contributed by atoms with E-state index < -0.39 is 0 Å². The molecule has 0 unspecified atom stereocenters. The summed E-state index contributed by atoms with van der Waals surface area (Å²) in [4.78, 5) is 6.68. The number of rotatable bonds is 1. The van der Waals surface area contributed by atoms with Crippen LogP contribution >= 0.6 is 22.9 Å². The molecule has 0 saturated heterocycles. The van der Waals surface area contributed by atoms with Gasteiger partial charge in [0, 0.05) is 21.7 Å². The molecule has 0 amide bonds. The van der Waals surface area contributed by atoms with E-state index in [1.165, 1.54) is 4.88 Å². The molecule has 80 valence electrons. The Kier molecular flexibility index (Phi) is 2.23. The number of aromatic nitrogens is 2. The summed E-state index contributed by atoms with van der Waals surface area (Å²) in [5, 5.41) is 0.756. The van der Waals surface area contributed by atoms with Gasteiger partial charge in [-0.05, 0) is 19.1 Å². The first-order valence-corrected chi connectivity index (χ1v) is 6.13. The fraction of sp³-hybridized carbons (Fsp3) is 0.0833. The first-order chi connectivity index (χ1) is 7.74. The maximum Gasteiger partial charge on any atom is 0.194 e. The van der Waals surface area contributed by atoms with E-state index in [-0.39, 0.29) is 0 Å². The monoisotopic (exact) mass is 248 g/mol. The predicted octanol–water partition coefficient (Wildman–Crippen LogP) is 4.02. The Hall–Kier alpha value is -1.32. The van der Waals surface area contributed by atoms with E-state index >= 15 is 0 Å². The van der Waals surface area contributed by atoms with Crippen molar-refractivity contribution in [3.63, 3.8) is 0 Å². The number of fused-ring (bicyclic) bond motifs is 1. The molecule has 0 bridgehead atoms. The average Bonchev–Trinajstić information content (AvgIpc) is 2.78. The molecule has 2 nitrogen and oxygen atoms in total. The van der Waals surface area contributed by atoms with Gasteiger partial charge in [0.1, 0.15) is 0 Å². The molecular formula is C12H9ClN2S. The van der Waals surface area contributed by atoms with Gasteiger partial charge in [0.15, 0.2) is 4.96 Å². The van der Waals surface area contributed by atoms with Gasteiger partial charge in [0.05, 0.1) is 11.9 Å². The van der Waals surface area contributed by atoms with Gasteiger partial charge in [0.25, 0.3) is 0 Å². The number of hydrogen-bond donors (Lipinski definition) is 0. The summed E-state index contributed by atoms with van der Waals surface area (Å²) in [7, 11) is 0. The van der Waals surface area contributed by atoms with Crippen LogP contribution in [-0.2, 0) is 0 Å². The summed E-state index contributed by atoms with van der Waals surface area (Å²) in [6, 6.07) is 7.82. The number of hydrogen-bond acceptors (Lipinski definition) is 2. The van der Waals surface area contributed by atoms with Crippen molar-refractivity contribution in [2.24, 2.45) is 0 Å². The van der Waals surface area contributed by atoms with Gasteiger partial charge in [-0.15, -0.1) is 11.3 Å². The summed E-state index contributed by atoms with van der Waals surface area (Å²) in [5.41, 5.74) is 2.24. The van der Waals surface area contributed by atoms with Crippen molar-refractivity contribution >= 4 is 27.9 Å². The normalized spacial score (nSPS) is 11.1. The quantitative estimate of drug-likeness (QED) is 0.636. The maximum atomic E-state index is 5.88. The molecule has 3 aromatic rings. The van der Waals surface area contributed by atoms with E-state index in [2.05, 4.69) is 22.5 Å². The van der Waals surface area contributed by atoms with Crippen molar-refractivity contribution < 1.29 is 0 Å². The lowest BCUT2D eigenvalue weighted by Crippen LogP contribution is -1.82. The van der Waals surface area contributed by atoms with Crippen molar-refractivity contribution in [1.29, 1.82) is 0 Å². The zero-order chi connectivity index (χ0) is 11.1. The molecule has 0 aliphatic carbocycles. The van der Waals surface area contributed by atoms with E-state index in [9.17, 15) is 0 Å². The number of benzene rings is 1. The topological polar surface area (TPSA) is 17.3 Å². The molecule has 4 heteroatoms. The number of thiazole rings is 1. The molecule has 0 spiro atoms. The minimum atomic E-state index is 0.756. The van der Waals surface area contributed by atoms with Crippen molar-refractivity contribution in [2.45, 2.75) is 6.92 Å². The van der Waals surface area contributed by atoms with E-state index in [4.69, 9.17) is 11.6 Å². The molecule has 2 aromatic heterocycles. The van der Waals surface area contributed by atoms with Crippen LogP contribution in [0.2, 0.25) is 5.02 Å². The predicted molar refractivity (Wildman–Crippen MR) is 68.3 cm³/mol. The van der Waals surface area contributed by atoms with Crippen LogP contribution < -0.4 is 0 Å². The lowest BCUT2D eigenvalue weighted by Gasteiger charge is -1.99. The highest BCUT2D eigenvalue weighted by atomic mass is 35.5. The van der Waals surface area contributed by atoms with E-state index in [0.29, 0.717) is 0 Å². The molecule has 2 heterocycles. The fourth-order valence-electron chi connectivity index (χ4n) is 1.73. The molecule has 0 saturated carbocycles. The summed E-state index contributed by atoms with van der Waals surface area (Å²) < 4.78 is 2.11. The molecule has 0 radical (unpaired) electrons. The van der Waals surface area contributed by atoms with Gasteiger partial charge >= 0.3 is 0 Å². The molecule has 0 aliphatic rings. The fourth-order valence-corrected chi connectivity index (χ4v) is 2.66. The van der Waals surface area contributed by atoms with Crippen LogP contribution in [-0.4, -0.2) is 9.38 Å². The van der Waals surface area contributed by atoms with Crippen LogP contribution in [0, 0.1) is 6.92 Å². The number of nitrogens with zero attached hydrogens (tertiary/aromatic N) is 2. The third-order valence-electron chi connectivity index (χ3n) is 2.47. The number of halogens is 1. The molecule has 0 atom stereocenters. The van der Waals surface area contributed by atoms with Crippen LogP contribution in [0.3, 0.4) is 0 Å². The highest BCUT2D eigenvalue weighted by molar-refractivity contribution is 7.17. The second-order valence-corrected chi connectivity index (χ2v) is 5.29. The van der Waals surface area contributed by atoms with Crippen molar-refractivity contribution in [2.75, 3.05) is 0 Å². The SMILES string of the molecule is Cc1cn2c(-c3ccc(Cl)cc3)cnc2s1. The van der Waals surface area contributed by atoms with Gasteiger partial charge in [0.2, 0.25) is 0 Å². The maximum absolute atomic E-state index is 5.88. The Balaban J connectivity index is 2.21. The average molecular weight is 249 g/mol. The summed E-state index contributed by atoms with van der Waals surface area (Å²) in [6.07, 6.45) is 4.01. The zero-order valence-electron chi connectivity index (χ0n) is 8.64. The zero-order valence-corrected chi connectivity index (χ0v) is 10.2. The molecule has 0 fully saturated rings. The Morgan fingerprint density at radius 3 is 2.75 bits per heavy atom. The van der Waals surface area contributed by atoms with Crippen molar-refractivity contribution in [3.05, 3.63) is 46.6 Å². The van der Waals surface area contributed by atoms with Gasteiger partial charge in [-0.3, -0.25) is 4.40 Å². The molecule has 3 rings (SSSR count). The van der Waals surface area contributed by atoms with Gasteiger partial charge in [-0.2, -0.15) is 0 Å². The first kappa shape index (κ1) is 9.87. The molecule has 0 N–H and O–H groups in total. The first-order valence-electron chi connectivity index (χ1n) is 4.93. The van der Waals surface area contributed by atoms with Gasteiger partial charge in [-0.1, -0.05) is 23.7 Å². The second kappa shape index (κ2) is 3.61. The number of imidazole rings is 1. The standard InChI is InChI=1S/C12H9ClN2S/c1-8-7-15-11(6-14-12(15)16-8)9-2-4-10(13)5-3-9/h2-7H,1H3. The summed E-state index contributed by atoms with van der Waals surface area (Å²) >= 11 is 7.57. The Bertz CT molecular complexity index is 637. The third-order valence-corrected chi connectivity index (χ3v) is 3.63. The highest BCUT2D eigenvalue weighted by Gasteiger charge is 2.07. The van der Waals surface area contributed by atoms with Gasteiger partial charge in [-0.25, -0.2) is 4.98 Å². The van der Waals surface area contributed by atoms with Gasteiger partial charge < -0.3 is 0 Å². The number of aryl methyl sites for hydroxylation is 1. The van der Waals surface area contributed by atoms with E-state index in [1.54, 1.807) is 11.3 Å². The highest BCUT2D eigenvalue weighted by Crippen LogP contribution is 2.26. The Morgan fingerprint density at radius 2 is 2.00 bits per heavy atom. The third kappa shape index (κ3) is 1.52. The molecule has 16 heavy (non-hydrogen) atoms. The lowest BCUT2D eigenvalue weighted by atomic mass is 10.2. The molecule has 1 aromatic carbocycles. The molecule has 0 aliphatic heterocycles. The van der Waals surface area contributed by atoms with Crippen LogP contribution in [0.1, 0.15) is 4.88 Å². The largest absolute Gasteiger partial charge is 0.290 e. The summed E-state index contributed by atoms with van der Waals surface area (Å²) in [6.45, 7) is 2.09. The minimum absolute atomic E-state index is 0.756. The van der Waals surface area contributed by atoms with Crippen molar-refractivity contribution in [1.82, 2.24) is 9.38 Å². The van der Waals surface area contributed by atoms with Crippen LogP contribution in [0.25, 0.3) is 16.2 Å². The Labute approximate surface area is 102 Å². The van der Waals surface area contributed by atoms with E-state index in [0.717, 1.165) is 21.2 Å². The van der Waals surface area contributed by atoms with Crippen LogP contribution in [0.15, 0.2) is 36.7 Å². The van der Waals surface area contributed by atoms with Crippen LogP contribution in [0.5, 0.6) is 0 Å². The molecular weight excluding hydrogens is 240 g/mol. The smallest absolute Gasteiger partial charge is 0.194 e. The Morgan fingerprint density at radius 1 is 1.25 bits per heavy atom.